The Morgan fingerprint density at radius 3 is 2.55 bits per heavy atom. The lowest BCUT2D eigenvalue weighted by molar-refractivity contribution is -0.135. The van der Waals surface area contributed by atoms with Gasteiger partial charge in [0.05, 0.1) is 17.5 Å². The number of anilines is 1. The smallest absolute Gasteiger partial charge is 0.228 e. The summed E-state index contributed by atoms with van der Waals surface area (Å²) in [7, 11) is 0. The number of carbonyl (C=O) groups is 2. The first-order valence-electron chi connectivity index (χ1n) is 7.90. The van der Waals surface area contributed by atoms with Gasteiger partial charge in [-0.1, -0.05) is 19.1 Å². The molecule has 2 fully saturated rings. The maximum Gasteiger partial charge on any atom is 0.228 e. The van der Waals surface area contributed by atoms with Crippen LogP contribution in [0.5, 0.6) is 0 Å². The fourth-order valence-corrected chi connectivity index (χ4v) is 3.39. The number of hydrogen-bond donors (Lipinski definition) is 1. The number of amides is 2. The minimum absolute atomic E-state index is 0.0457. The van der Waals surface area contributed by atoms with Crippen molar-refractivity contribution in [3.8, 4) is 0 Å². The van der Waals surface area contributed by atoms with Crippen LogP contribution >= 0.6 is 15.9 Å². The number of nitrogens with one attached hydrogen (secondary N) is 1. The van der Waals surface area contributed by atoms with E-state index in [2.05, 4.69) is 28.2 Å². The predicted molar refractivity (Wildman–Crippen MR) is 89.3 cm³/mol. The van der Waals surface area contributed by atoms with Crippen LogP contribution in [0.1, 0.15) is 26.2 Å². The number of nitrogens with zero attached hydrogens (tertiary/aromatic N) is 1. The maximum absolute atomic E-state index is 12.4. The second-order valence-electron chi connectivity index (χ2n) is 6.43. The normalized spacial score (nSPS) is 24.9. The number of hydrogen-bond acceptors (Lipinski definition) is 2. The molecule has 0 bridgehead atoms. The molecular weight excluding hydrogens is 344 g/mol. The molecule has 4 nitrogen and oxygen atoms in total. The summed E-state index contributed by atoms with van der Waals surface area (Å²) in [5, 5.41) is 2.91. The Hall–Kier alpha value is -1.36. The third kappa shape index (κ3) is 3.35. The Bertz CT molecular complexity index is 582. The minimum Gasteiger partial charge on any atom is -0.342 e. The zero-order valence-electron chi connectivity index (χ0n) is 12.7. The monoisotopic (exact) mass is 364 g/mol. The fourth-order valence-electron chi connectivity index (χ4n) is 3.01. The number of carbonyl (C=O) groups excluding carboxylic acids is 2. The molecule has 1 aliphatic carbocycles. The lowest BCUT2D eigenvalue weighted by atomic mass is 9.99. The largest absolute Gasteiger partial charge is 0.342 e. The van der Waals surface area contributed by atoms with E-state index in [9.17, 15) is 9.59 Å². The van der Waals surface area contributed by atoms with E-state index in [0.29, 0.717) is 12.3 Å². The summed E-state index contributed by atoms with van der Waals surface area (Å²) in [5.74, 6) is 0.544. The number of piperidine rings is 1. The molecule has 1 heterocycles. The van der Waals surface area contributed by atoms with Gasteiger partial charge >= 0.3 is 0 Å². The van der Waals surface area contributed by atoms with E-state index in [1.54, 1.807) is 0 Å². The van der Waals surface area contributed by atoms with Gasteiger partial charge < -0.3 is 10.2 Å². The van der Waals surface area contributed by atoms with E-state index < -0.39 is 0 Å². The molecule has 2 aliphatic rings. The summed E-state index contributed by atoms with van der Waals surface area (Å²) in [6, 6.07) is 7.53. The summed E-state index contributed by atoms with van der Waals surface area (Å²) in [4.78, 5) is 26.7. The van der Waals surface area contributed by atoms with Gasteiger partial charge in [0.25, 0.3) is 0 Å². The Balaban J connectivity index is 1.54. The lowest BCUT2D eigenvalue weighted by Crippen LogP contribution is -2.39. The molecule has 1 aromatic rings. The van der Waals surface area contributed by atoms with Crippen molar-refractivity contribution in [1.82, 2.24) is 4.90 Å². The zero-order valence-corrected chi connectivity index (χ0v) is 14.3. The van der Waals surface area contributed by atoms with E-state index in [1.165, 1.54) is 0 Å². The Morgan fingerprint density at radius 1 is 1.18 bits per heavy atom. The molecule has 0 radical (unpaired) electrons. The van der Waals surface area contributed by atoms with E-state index in [-0.39, 0.29) is 23.7 Å². The molecule has 1 aromatic carbocycles. The summed E-state index contributed by atoms with van der Waals surface area (Å²) in [6.07, 6.45) is 2.83. The molecule has 2 amide bonds. The highest BCUT2D eigenvalue weighted by Crippen LogP contribution is 2.41. The second-order valence-corrected chi connectivity index (χ2v) is 7.28. The average molecular weight is 365 g/mol. The molecule has 2 unspecified atom stereocenters. The van der Waals surface area contributed by atoms with Crippen molar-refractivity contribution in [3.63, 3.8) is 0 Å². The molecular formula is C17H21BrN2O2. The summed E-state index contributed by atoms with van der Waals surface area (Å²) < 4.78 is 0.858. The van der Waals surface area contributed by atoms with E-state index in [1.807, 2.05) is 29.2 Å². The van der Waals surface area contributed by atoms with Gasteiger partial charge in [-0.05, 0) is 53.2 Å². The highest BCUT2D eigenvalue weighted by molar-refractivity contribution is 9.10. The van der Waals surface area contributed by atoms with Gasteiger partial charge in [0.1, 0.15) is 0 Å². The standard InChI is InChI=1S/C17H21BrN2O2/c1-11-6-8-20(9-7-11)17(22)13-10-12(13)16(21)19-15-5-3-2-4-14(15)18/h2-5,11-13H,6-10H2,1H3,(H,19,21). The number of halogens is 1. The zero-order chi connectivity index (χ0) is 15.7. The van der Waals surface area contributed by atoms with E-state index in [4.69, 9.17) is 0 Å². The van der Waals surface area contributed by atoms with Gasteiger partial charge in [-0.3, -0.25) is 9.59 Å². The van der Waals surface area contributed by atoms with Gasteiger partial charge in [-0.2, -0.15) is 0 Å². The first-order chi connectivity index (χ1) is 10.6. The fraction of sp³-hybridized carbons (Fsp3) is 0.529. The Kier molecular flexibility index (Phi) is 4.52. The molecule has 0 spiro atoms. The van der Waals surface area contributed by atoms with E-state index >= 15 is 0 Å². The quantitative estimate of drug-likeness (QED) is 0.894. The van der Waals surface area contributed by atoms with Crippen molar-refractivity contribution in [2.24, 2.45) is 17.8 Å². The molecule has 5 heteroatoms. The Labute approximate surface area is 139 Å². The lowest BCUT2D eigenvalue weighted by Gasteiger charge is -2.30. The van der Waals surface area contributed by atoms with Crippen LogP contribution in [-0.4, -0.2) is 29.8 Å². The van der Waals surface area contributed by atoms with Crippen molar-refractivity contribution in [2.75, 3.05) is 18.4 Å². The minimum atomic E-state index is -0.168. The van der Waals surface area contributed by atoms with Crippen molar-refractivity contribution in [2.45, 2.75) is 26.2 Å². The second kappa shape index (κ2) is 6.41. The third-order valence-electron chi connectivity index (χ3n) is 4.67. The van der Waals surface area contributed by atoms with E-state index in [0.717, 1.165) is 36.1 Å². The van der Waals surface area contributed by atoms with Crippen LogP contribution in [0.3, 0.4) is 0 Å². The van der Waals surface area contributed by atoms with Gasteiger partial charge in [0.15, 0.2) is 0 Å². The number of benzene rings is 1. The van der Waals surface area contributed by atoms with Crippen molar-refractivity contribution >= 4 is 33.4 Å². The summed E-state index contributed by atoms with van der Waals surface area (Å²) in [5.41, 5.74) is 0.761. The van der Waals surface area contributed by atoms with Crippen LogP contribution in [0.2, 0.25) is 0 Å². The van der Waals surface area contributed by atoms with Gasteiger partial charge in [0, 0.05) is 17.6 Å². The van der Waals surface area contributed by atoms with Crippen LogP contribution in [0.15, 0.2) is 28.7 Å². The third-order valence-corrected chi connectivity index (χ3v) is 5.36. The molecule has 1 saturated heterocycles. The number of likely N-dealkylation sites (tertiary alicyclic amines) is 1. The van der Waals surface area contributed by atoms with Crippen LogP contribution < -0.4 is 5.32 Å². The molecule has 1 saturated carbocycles. The number of rotatable bonds is 3. The van der Waals surface area contributed by atoms with Crippen LogP contribution in [0, 0.1) is 17.8 Å². The van der Waals surface area contributed by atoms with Crippen LogP contribution in [0.4, 0.5) is 5.69 Å². The highest BCUT2D eigenvalue weighted by atomic mass is 79.9. The van der Waals surface area contributed by atoms with Gasteiger partial charge in [0.2, 0.25) is 11.8 Å². The van der Waals surface area contributed by atoms with Crippen LogP contribution in [0.25, 0.3) is 0 Å². The molecule has 118 valence electrons. The molecule has 1 N–H and O–H groups in total. The Morgan fingerprint density at radius 2 is 1.86 bits per heavy atom. The number of para-hydroxylation sites is 1. The molecule has 0 aromatic heterocycles. The molecule has 3 rings (SSSR count). The maximum atomic E-state index is 12.4. The van der Waals surface area contributed by atoms with Crippen molar-refractivity contribution in [3.05, 3.63) is 28.7 Å². The highest BCUT2D eigenvalue weighted by Gasteiger charge is 2.49. The van der Waals surface area contributed by atoms with Crippen LogP contribution in [-0.2, 0) is 9.59 Å². The summed E-state index contributed by atoms with van der Waals surface area (Å²) >= 11 is 3.42. The predicted octanol–water partition coefficient (Wildman–Crippen LogP) is 3.28. The van der Waals surface area contributed by atoms with Gasteiger partial charge in [-0.25, -0.2) is 0 Å². The molecule has 22 heavy (non-hydrogen) atoms. The van der Waals surface area contributed by atoms with Gasteiger partial charge in [-0.15, -0.1) is 0 Å². The SMILES string of the molecule is CC1CCN(C(=O)C2CC2C(=O)Nc2ccccc2Br)CC1. The molecule has 2 atom stereocenters. The van der Waals surface area contributed by atoms with Crippen molar-refractivity contribution in [1.29, 1.82) is 0 Å². The molecule has 1 aliphatic heterocycles. The average Bonchev–Trinajstić information content (AvgIpc) is 3.30. The summed E-state index contributed by atoms with van der Waals surface area (Å²) in [6.45, 7) is 3.91. The van der Waals surface area contributed by atoms with Crippen molar-refractivity contribution < 1.29 is 9.59 Å². The first kappa shape index (κ1) is 15.5. The topological polar surface area (TPSA) is 49.4 Å². The first-order valence-corrected chi connectivity index (χ1v) is 8.69.